The van der Waals surface area contributed by atoms with E-state index in [1.54, 1.807) is 0 Å². The summed E-state index contributed by atoms with van der Waals surface area (Å²) in [5.41, 5.74) is 7.76. The lowest BCUT2D eigenvalue weighted by molar-refractivity contribution is 0.127. The van der Waals surface area contributed by atoms with E-state index < -0.39 is 0 Å². The zero-order chi connectivity index (χ0) is 14.9. The first kappa shape index (κ1) is 16.1. The number of hydrogen-bond acceptors (Lipinski definition) is 1. The second-order valence-electron chi connectivity index (χ2n) is 7.20. The second kappa shape index (κ2) is 6.25. The van der Waals surface area contributed by atoms with E-state index >= 15 is 0 Å². The van der Waals surface area contributed by atoms with Crippen molar-refractivity contribution < 1.29 is 0 Å². The molecule has 0 amide bonds. The third kappa shape index (κ3) is 3.69. The normalized spacial score (nSPS) is 27.6. The van der Waals surface area contributed by atoms with Gasteiger partial charge >= 0.3 is 0 Å². The van der Waals surface area contributed by atoms with Crippen molar-refractivity contribution in [3.63, 3.8) is 0 Å². The summed E-state index contributed by atoms with van der Waals surface area (Å²) in [6.45, 7) is 6.98. The van der Waals surface area contributed by atoms with Crippen LogP contribution in [0.25, 0.3) is 0 Å². The number of benzene rings is 1. The average molecular weight is 314 g/mol. The van der Waals surface area contributed by atoms with Crippen LogP contribution in [0.2, 0.25) is 10.0 Å². The van der Waals surface area contributed by atoms with Gasteiger partial charge in [0.25, 0.3) is 0 Å². The molecule has 1 nitrogen and oxygen atoms in total. The summed E-state index contributed by atoms with van der Waals surface area (Å²) < 4.78 is 0. The molecule has 20 heavy (non-hydrogen) atoms. The van der Waals surface area contributed by atoms with Gasteiger partial charge in [-0.15, -0.1) is 0 Å². The van der Waals surface area contributed by atoms with Crippen LogP contribution in [0, 0.1) is 17.3 Å². The van der Waals surface area contributed by atoms with E-state index in [0.29, 0.717) is 11.3 Å². The molecule has 1 aromatic carbocycles. The molecule has 112 valence electrons. The van der Waals surface area contributed by atoms with Crippen molar-refractivity contribution in [3.05, 3.63) is 33.8 Å². The predicted octanol–water partition coefficient (Wildman–Crippen LogP) is 5.33. The third-order valence-electron chi connectivity index (χ3n) is 4.79. The van der Waals surface area contributed by atoms with Gasteiger partial charge in [-0.1, -0.05) is 50.0 Å². The van der Waals surface area contributed by atoms with E-state index in [1.165, 1.54) is 12.8 Å². The molecule has 0 bridgehead atoms. The lowest BCUT2D eigenvalue weighted by Gasteiger charge is -2.41. The minimum absolute atomic E-state index is 0.265. The molecule has 3 atom stereocenters. The summed E-state index contributed by atoms with van der Waals surface area (Å²) in [6, 6.07) is 5.99. The Hall–Kier alpha value is -0.240. The highest BCUT2D eigenvalue weighted by Crippen LogP contribution is 2.41. The van der Waals surface area contributed by atoms with E-state index in [4.69, 9.17) is 28.9 Å². The monoisotopic (exact) mass is 313 g/mol. The third-order valence-corrected chi connectivity index (χ3v) is 5.50. The number of halogens is 2. The maximum absolute atomic E-state index is 6.35. The molecular formula is C17H25Cl2N. The number of hydrogen-bond donors (Lipinski definition) is 1. The molecule has 0 heterocycles. The SMILES string of the molecule is CC(C)(C)C1CCC(N)C(Cc2c(Cl)cccc2Cl)C1. The van der Waals surface area contributed by atoms with Crippen LogP contribution in [0.3, 0.4) is 0 Å². The number of rotatable bonds is 2. The van der Waals surface area contributed by atoms with E-state index in [1.807, 2.05) is 18.2 Å². The van der Waals surface area contributed by atoms with Gasteiger partial charge in [-0.2, -0.15) is 0 Å². The van der Waals surface area contributed by atoms with Gasteiger partial charge in [0.1, 0.15) is 0 Å². The molecule has 2 rings (SSSR count). The highest BCUT2D eigenvalue weighted by Gasteiger charge is 2.34. The molecular weight excluding hydrogens is 289 g/mol. The lowest BCUT2D eigenvalue weighted by Crippen LogP contribution is -2.40. The topological polar surface area (TPSA) is 26.0 Å². The van der Waals surface area contributed by atoms with Crippen molar-refractivity contribution in [3.8, 4) is 0 Å². The van der Waals surface area contributed by atoms with Crippen LogP contribution < -0.4 is 5.73 Å². The molecule has 0 saturated heterocycles. The molecule has 1 saturated carbocycles. The first-order chi connectivity index (χ1) is 9.29. The van der Waals surface area contributed by atoms with Crippen LogP contribution in [0.1, 0.15) is 45.6 Å². The minimum Gasteiger partial charge on any atom is -0.327 e. The van der Waals surface area contributed by atoms with Crippen LogP contribution in [-0.2, 0) is 6.42 Å². The van der Waals surface area contributed by atoms with Crippen molar-refractivity contribution in [1.82, 2.24) is 0 Å². The van der Waals surface area contributed by atoms with E-state index in [-0.39, 0.29) is 6.04 Å². The van der Waals surface area contributed by atoms with Crippen molar-refractivity contribution in [2.45, 2.75) is 52.5 Å². The fraction of sp³-hybridized carbons (Fsp3) is 0.647. The van der Waals surface area contributed by atoms with Crippen molar-refractivity contribution >= 4 is 23.2 Å². The van der Waals surface area contributed by atoms with Gasteiger partial charge in [-0.3, -0.25) is 0 Å². The Labute approximate surface area is 132 Å². The van der Waals surface area contributed by atoms with Crippen molar-refractivity contribution in [2.24, 2.45) is 23.0 Å². The fourth-order valence-corrected chi connectivity index (χ4v) is 3.85. The van der Waals surface area contributed by atoms with Crippen LogP contribution in [0.4, 0.5) is 0 Å². The summed E-state index contributed by atoms with van der Waals surface area (Å²) in [5.74, 6) is 1.21. The Morgan fingerprint density at radius 2 is 1.75 bits per heavy atom. The Kier molecular flexibility index (Phi) is 5.05. The van der Waals surface area contributed by atoms with E-state index in [2.05, 4.69) is 20.8 Å². The van der Waals surface area contributed by atoms with Gasteiger partial charge in [-0.05, 0) is 60.6 Å². The van der Waals surface area contributed by atoms with Gasteiger partial charge in [-0.25, -0.2) is 0 Å². The summed E-state index contributed by atoms with van der Waals surface area (Å²) in [6.07, 6.45) is 4.41. The highest BCUT2D eigenvalue weighted by atomic mass is 35.5. The van der Waals surface area contributed by atoms with Crippen LogP contribution >= 0.6 is 23.2 Å². The first-order valence-corrected chi connectivity index (χ1v) is 8.23. The molecule has 1 aliphatic carbocycles. The largest absolute Gasteiger partial charge is 0.327 e. The fourth-order valence-electron chi connectivity index (χ4n) is 3.30. The summed E-state index contributed by atoms with van der Waals surface area (Å²) in [5, 5.41) is 1.53. The maximum Gasteiger partial charge on any atom is 0.0452 e. The first-order valence-electron chi connectivity index (χ1n) is 7.47. The minimum atomic E-state index is 0.265. The van der Waals surface area contributed by atoms with Crippen LogP contribution in [0.15, 0.2) is 18.2 Å². The molecule has 1 aromatic rings. The standard InChI is InChI=1S/C17H25Cl2N/c1-17(2,3)12-7-8-16(20)11(9-12)10-13-14(18)5-4-6-15(13)19/h4-6,11-12,16H,7-10,20H2,1-3H3. The Morgan fingerprint density at radius 1 is 1.15 bits per heavy atom. The van der Waals surface area contributed by atoms with Gasteiger partial charge in [0.2, 0.25) is 0 Å². The molecule has 3 heteroatoms. The maximum atomic E-state index is 6.35. The molecule has 1 aliphatic rings. The zero-order valence-electron chi connectivity index (χ0n) is 12.6. The summed E-state index contributed by atoms with van der Waals surface area (Å²) in [7, 11) is 0. The second-order valence-corrected chi connectivity index (χ2v) is 8.02. The molecule has 0 spiro atoms. The smallest absolute Gasteiger partial charge is 0.0452 e. The molecule has 0 radical (unpaired) electrons. The van der Waals surface area contributed by atoms with Crippen LogP contribution in [-0.4, -0.2) is 6.04 Å². The quantitative estimate of drug-likeness (QED) is 0.785. The van der Waals surface area contributed by atoms with Crippen LogP contribution in [0.5, 0.6) is 0 Å². The summed E-state index contributed by atoms with van der Waals surface area (Å²) >= 11 is 12.6. The lowest BCUT2D eigenvalue weighted by atomic mass is 9.66. The Bertz CT molecular complexity index is 444. The molecule has 2 N–H and O–H groups in total. The zero-order valence-corrected chi connectivity index (χ0v) is 14.1. The van der Waals surface area contributed by atoms with Gasteiger partial charge in [0.15, 0.2) is 0 Å². The molecule has 1 fully saturated rings. The van der Waals surface area contributed by atoms with E-state index in [0.717, 1.165) is 34.4 Å². The summed E-state index contributed by atoms with van der Waals surface area (Å²) in [4.78, 5) is 0. The van der Waals surface area contributed by atoms with Crippen molar-refractivity contribution in [2.75, 3.05) is 0 Å². The Morgan fingerprint density at radius 3 is 2.30 bits per heavy atom. The van der Waals surface area contributed by atoms with Crippen molar-refractivity contribution in [1.29, 1.82) is 0 Å². The van der Waals surface area contributed by atoms with Gasteiger partial charge in [0, 0.05) is 16.1 Å². The molecule has 0 aromatic heterocycles. The predicted molar refractivity (Wildman–Crippen MR) is 88.4 cm³/mol. The molecule has 0 aliphatic heterocycles. The highest BCUT2D eigenvalue weighted by molar-refractivity contribution is 6.35. The van der Waals surface area contributed by atoms with Gasteiger partial charge < -0.3 is 5.73 Å². The molecule has 3 unspecified atom stereocenters. The number of nitrogens with two attached hydrogens (primary N) is 1. The average Bonchev–Trinajstić information content (AvgIpc) is 2.34. The van der Waals surface area contributed by atoms with E-state index in [9.17, 15) is 0 Å². The Balaban J connectivity index is 2.15. The van der Waals surface area contributed by atoms with Gasteiger partial charge in [0.05, 0.1) is 0 Å².